The molecule has 2 nitrogen and oxygen atoms in total. The summed E-state index contributed by atoms with van der Waals surface area (Å²) in [6.45, 7) is 6.41. The Hall–Kier alpha value is 0.137. The van der Waals surface area contributed by atoms with Gasteiger partial charge in [-0.2, -0.15) is 0 Å². The van der Waals surface area contributed by atoms with Crippen LogP contribution in [0.15, 0.2) is 0 Å². The Labute approximate surface area is 85.5 Å². The van der Waals surface area contributed by atoms with Crippen molar-refractivity contribution in [3.63, 3.8) is 0 Å². The van der Waals surface area contributed by atoms with Crippen LogP contribution in [0.4, 0.5) is 0 Å². The maximum atomic E-state index is 5.20. The molecule has 0 aromatic rings. The van der Waals surface area contributed by atoms with E-state index in [4.69, 9.17) is 9.46 Å². The first-order chi connectivity index (χ1) is 6.12. The number of rotatable bonds is 8. The van der Waals surface area contributed by atoms with Crippen LogP contribution in [0.3, 0.4) is 0 Å². The van der Waals surface area contributed by atoms with E-state index in [1.165, 1.54) is 32.1 Å². The molecule has 0 atom stereocenters. The van der Waals surface area contributed by atoms with Gasteiger partial charge in [-0.1, -0.05) is 39.0 Å². The Balaban J connectivity index is 3.29. The lowest BCUT2D eigenvalue weighted by atomic mass is 10.00. The minimum absolute atomic E-state index is 0.0893. The maximum Gasteiger partial charge on any atom is 0.193 e. The number of unbranched alkanes of at least 4 members (excludes halogenated alkanes) is 4. The van der Waals surface area contributed by atoms with Crippen LogP contribution in [0.5, 0.6) is 0 Å². The van der Waals surface area contributed by atoms with Gasteiger partial charge in [-0.05, 0) is 20.3 Å². The van der Waals surface area contributed by atoms with Crippen molar-refractivity contribution in [3.05, 3.63) is 0 Å². The zero-order chi connectivity index (χ0) is 10.2. The molecule has 0 bridgehead atoms. The van der Waals surface area contributed by atoms with Crippen LogP contribution in [-0.4, -0.2) is 16.1 Å². The standard InChI is InChI=1S/C10H24O2Si/c1-4-5-6-7-8-9-10(2,3)11-12-13/h4-9H2,1-3,13H3. The van der Waals surface area contributed by atoms with E-state index in [1.54, 1.807) is 0 Å². The lowest BCUT2D eigenvalue weighted by molar-refractivity contribution is -0.281. The van der Waals surface area contributed by atoms with Crippen molar-refractivity contribution in [3.8, 4) is 0 Å². The molecule has 0 aliphatic carbocycles. The molecular weight excluding hydrogens is 180 g/mol. The Kier molecular flexibility index (Phi) is 7.61. The minimum Gasteiger partial charge on any atom is -0.298 e. The highest BCUT2D eigenvalue weighted by atomic mass is 28.2. The number of hydrogen-bond donors (Lipinski definition) is 0. The van der Waals surface area contributed by atoms with Gasteiger partial charge in [0.25, 0.3) is 0 Å². The monoisotopic (exact) mass is 204 g/mol. The van der Waals surface area contributed by atoms with Crippen molar-refractivity contribution in [1.82, 2.24) is 0 Å². The molecule has 0 amide bonds. The van der Waals surface area contributed by atoms with Gasteiger partial charge in [0.1, 0.15) is 0 Å². The predicted molar refractivity (Wildman–Crippen MR) is 59.6 cm³/mol. The molecule has 13 heavy (non-hydrogen) atoms. The van der Waals surface area contributed by atoms with Gasteiger partial charge in [0.2, 0.25) is 0 Å². The van der Waals surface area contributed by atoms with E-state index >= 15 is 0 Å². The summed E-state index contributed by atoms with van der Waals surface area (Å²) < 4.78 is 4.82. The highest BCUT2D eigenvalue weighted by molar-refractivity contribution is 5.97. The van der Waals surface area contributed by atoms with E-state index < -0.39 is 0 Å². The van der Waals surface area contributed by atoms with Gasteiger partial charge in [0.15, 0.2) is 10.5 Å². The zero-order valence-electron chi connectivity index (χ0n) is 9.56. The highest BCUT2D eigenvalue weighted by Gasteiger charge is 2.17. The molecule has 0 rings (SSSR count). The van der Waals surface area contributed by atoms with Crippen LogP contribution >= 0.6 is 0 Å². The van der Waals surface area contributed by atoms with E-state index in [9.17, 15) is 0 Å². The lowest BCUT2D eigenvalue weighted by Crippen LogP contribution is -2.23. The quantitative estimate of drug-likeness (QED) is 0.261. The molecule has 0 aliphatic rings. The Morgan fingerprint density at radius 2 is 1.69 bits per heavy atom. The molecule has 0 aromatic carbocycles. The minimum atomic E-state index is -0.0893. The topological polar surface area (TPSA) is 18.5 Å². The van der Waals surface area contributed by atoms with Crippen LogP contribution in [-0.2, 0) is 9.46 Å². The molecule has 80 valence electrons. The van der Waals surface area contributed by atoms with Crippen molar-refractivity contribution in [2.45, 2.75) is 64.9 Å². The van der Waals surface area contributed by atoms with E-state index in [2.05, 4.69) is 20.8 Å². The predicted octanol–water partition coefficient (Wildman–Crippen LogP) is 2.35. The van der Waals surface area contributed by atoms with Crippen molar-refractivity contribution < 1.29 is 9.46 Å². The molecule has 0 unspecified atom stereocenters. The molecule has 0 N–H and O–H groups in total. The summed E-state index contributed by atoms with van der Waals surface area (Å²) in [5.74, 6) is 0. The lowest BCUT2D eigenvalue weighted by Gasteiger charge is -2.22. The Bertz CT molecular complexity index is 115. The van der Waals surface area contributed by atoms with Gasteiger partial charge in [-0.15, -0.1) is 0 Å². The fourth-order valence-corrected chi connectivity index (χ4v) is 1.87. The summed E-state index contributed by atoms with van der Waals surface area (Å²) >= 11 is 0. The number of hydrogen-bond acceptors (Lipinski definition) is 2. The van der Waals surface area contributed by atoms with Gasteiger partial charge in [0.05, 0.1) is 5.60 Å². The summed E-state index contributed by atoms with van der Waals surface area (Å²) in [7, 11) is 0.658. The molecule has 0 saturated carbocycles. The van der Waals surface area contributed by atoms with Gasteiger partial charge in [0, 0.05) is 0 Å². The second-order valence-corrected chi connectivity index (χ2v) is 4.51. The van der Waals surface area contributed by atoms with Gasteiger partial charge in [-0.3, -0.25) is 4.58 Å². The molecule has 0 aromatic heterocycles. The highest BCUT2D eigenvalue weighted by Crippen LogP contribution is 2.18. The summed E-state index contributed by atoms with van der Waals surface area (Å²) in [6.07, 6.45) is 7.69. The molecule has 0 spiro atoms. The molecule has 3 heteroatoms. The average Bonchev–Trinajstić information content (AvgIpc) is 2.04. The fourth-order valence-electron chi connectivity index (χ4n) is 1.42. The fraction of sp³-hybridized carbons (Fsp3) is 1.00. The van der Waals surface area contributed by atoms with Crippen molar-refractivity contribution in [2.24, 2.45) is 0 Å². The van der Waals surface area contributed by atoms with Crippen molar-refractivity contribution >= 4 is 10.5 Å². The Morgan fingerprint density at radius 3 is 2.23 bits per heavy atom. The van der Waals surface area contributed by atoms with Crippen LogP contribution in [0.2, 0.25) is 0 Å². The SMILES string of the molecule is CCCCCCCC(C)(C)OO[SiH3]. The molecule has 0 aliphatic heterocycles. The van der Waals surface area contributed by atoms with E-state index in [-0.39, 0.29) is 5.60 Å². The average molecular weight is 204 g/mol. The van der Waals surface area contributed by atoms with Crippen LogP contribution in [0.1, 0.15) is 59.3 Å². The third-order valence-electron chi connectivity index (χ3n) is 2.19. The summed E-state index contributed by atoms with van der Waals surface area (Å²) in [5, 5.41) is 0. The first-order valence-electron chi connectivity index (χ1n) is 5.34. The van der Waals surface area contributed by atoms with Crippen molar-refractivity contribution in [1.29, 1.82) is 0 Å². The molecule has 0 radical (unpaired) electrons. The molecule has 0 fully saturated rings. The largest absolute Gasteiger partial charge is 0.298 e. The van der Waals surface area contributed by atoms with Gasteiger partial charge < -0.3 is 0 Å². The first-order valence-corrected chi connectivity index (χ1v) is 6.16. The summed E-state index contributed by atoms with van der Waals surface area (Å²) in [5.41, 5.74) is -0.0893. The summed E-state index contributed by atoms with van der Waals surface area (Å²) in [6, 6.07) is 0. The third-order valence-corrected chi connectivity index (χ3v) is 2.36. The van der Waals surface area contributed by atoms with E-state index in [0.29, 0.717) is 10.5 Å². The molecular formula is C10H24O2Si. The van der Waals surface area contributed by atoms with Gasteiger partial charge >= 0.3 is 0 Å². The van der Waals surface area contributed by atoms with E-state index in [1.807, 2.05) is 0 Å². The molecule has 0 saturated heterocycles. The zero-order valence-corrected chi connectivity index (χ0v) is 11.6. The second-order valence-electron chi connectivity index (χ2n) is 4.17. The normalized spacial score (nSPS) is 12.2. The molecule has 0 heterocycles. The van der Waals surface area contributed by atoms with Gasteiger partial charge in [-0.25, -0.2) is 4.89 Å². The van der Waals surface area contributed by atoms with Crippen LogP contribution in [0, 0.1) is 0 Å². The maximum absolute atomic E-state index is 5.20. The smallest absolute Gasteiger partial charge is 0.193 e. The summed E-state index contributed by atoms with van der Waals surface area (Å²) in [4.78, 5) is 5.20. The third kappa shape index (κ3) is 8.47. The van der Waals surface area contributed by atoms with E-state index in [0.717, 1.165) is 6.42 Å². The Morgan fingerprint density at radius 1 is 1.08 bits per heavy atom. The second kappa shape index (κ2) is 7.53. The van der Waals surface area contributed by atoms with Crippen LogP contribution < -0.4 is 0 Å². The first kappa shape index (κ1) is 13.1. The van der Waals surface area contributed by atoms with Crippen LogP contribution in [0.25, 0.3) is 0 Å². The van der Waals surface area contributed by atoms with Crippen molar-refractivity contribution in [2.75, 3.05) is 0 Å².